The number of hydrogen-bond donors (Lipinski definition) is 2. The van der Waals surface area contributed by atoms with Gasteiger partial charge in [0.1, 0.15) is 12.1 Å². The van der Waals surface area contributed by atoms with E-state index in [-0.39, 0.29) is 0 Å². The third-order valence-electron chi connectivity index (χ3n) is 3.03. The Morgan fingerprint density at radius 2 is 2.35 bits per heavy atom. The number of carboxylic acid groups (broad SMARTS) is 1. The zero-order valence-corrected chi connectivity index (χ0v) is 10.1. The van der Waals surface area contributed by atoms with Gasteiger partial charge in [-0.05, 0) is 32.6 Å². The summed E-state index contributed by atoms with van der Waals surface area (Å²) in [6, 6.07) is 0. The van der Waals surface area contributed by atoms with Crippen molar-refractivity contribution in [2.24, 2.45) is 5.92 Å². The molecule has 0 aliphatic heterocycles. The summed E-state index contributed by atoms with van der Waals surface area (Å²) >= 11 is 0. The minimum absolute atomic E-state index is 0.387. The fraction of sp³-hybridized carbons (Fsp3) is 0.667. The van der Waals surface area contributed by atoms with Crippen molar-refractivity contribution in [1.82, 2.24) is 5.32 Å². The number of alkyl carbamates (subject to hydrolysis) is 1. The van der Waals surface area contributed by atoms with Gasteiger partial charge < -0.3 is 15.2 Å². The van der Waals surface area contributed by atoms with Gasteiger partial charge in [-0.15, -0.1) is 6.58 Å². The largest absolute Gasteiger partial charge is 0.480 e. The van der Waals surface area contributed by atoms with Crippen molar-refractivity contribution >= 4 is 12.1 Å². The summed E-state index contributed by atoms with van der Waals surface area (Å²) in [5.41, 5.74) is -0.413. The number of carbonyl (C=O) groups excluding carboxylic acids is 1. The third kappa shape index (κ3) is 4.46. The molecule has 0 aromatic rings. The number of hydrogen-bond acceptors (Lipinski definition) is 3. The Morgan fingerprint density at radius 3 is 2.94 bits per heavy atom. The normalized spacial score (nSPS) is 26.1. The summed E-state index contributed by atoms with van der Waals surface area (Å²) in [5, 5.41) is 10.6. The molecule has 1 fully saturated rings. The van der Waals surface area contributed by atoms with Crippen LogP contribution in [0.2, 0.25) is 0 Å². The lowest BCUT2D eigenvalue weighted by Crippen LogP contribution is -2.33. The van der Waals surface area contributed by atoms with Gasteiger partial charge in [-0.2, -0.15) is 0 Å². The third-order valence-corrected chi connectivity index (χ3v) is 3.03. The number of ether oxygens (including phenoxy) is 1. The summed E-state index contributed by atoms with van der Waals surface area (Å²) in [4.78, 5) is 21.5. The lowest BCUT2D eigenvalue weighted by atomic mass is 10.1. The lowest BCUT2D eigenvalue weighted by molar-refractivity contribution is -0.135. The molecule has 0 radical (unpaired) electrons. The topological polar surface area (TPSA) is 75.6 Å². The standard InChI is InChI=1S/C12H19NO4/c1-3-4-5-6-9-7-12(9,2)17-11(16)13-8-10(14)15/h3,9H,1,4-8H2,2H3,(H,13,16)(H,14,15)/t9-,12-/m1/s1. The van der Waals surface area contributed by atoms with E-state index in [2.05, 4.69) is 11.9 Å². The van der Waals surface area contributed by atoms with Crippen molar-refractivity contribution in [3.05, 3.63) is 12.7 Å². The Balaban J connectivity index is 2.21. The van der Waals surface area contributed by atoms with E-state index in [1.165, 1.54) is 0 Å². The van der Waals surface area contributed by atoms with Crippen molar-refractivity contribution in [3.63, 3.8) is 0 Å². The molecule has 1 amide bonds. The van der Waals surface area contributed by atoms with Crippen LogP contribution in [0.3, 0.4) is 0 Å². The van der Waals surface area contributed by atoms with Crippen molar-refractivity contribution in [2.45, 2.75) is 38.2 Å². The molecule has 5 nitrogen and oxygen atoms in total. The smallest absolute Gasteiger partial charge is 0.408 e. The van der Waals surface area contributed by atoms with Crippen LogP contribution in [0.5, 0.6) is 0 Å². The van der Waals surface area contributed by atoms with Crippen LogP contribution < -0.4 is 5.32 Å². The van der Waals surface area contributed by atoms with Gasteiger partial charge in [0.15, 0.2) is 0 Å². The van der Waals surface area contributed by atoms with E-state index in [1.54, 1.807) is 0 Å². The molecule has 0 aromatic carbocycles. The summed E-state index contributed by atoms with van der Waals surface area (Å²) in [6.07, 6.45) is 5.10. The van der Waals surface area contributed by atoms with Gasteiger partial charge in [-0.1, -0.05) is 6.08 Å². The first-order chi connectivity index (χ1) is 7.98. The number of carbonyl (C=O) groups is 2. The quantitative estimate of drug-likeness (QED) is 0.527. The molecule has 17 heavy (non-hydrogen) atoms. The summed E-state index contributed by atoms with van der Waals surface area (Å²) in [5.74, 6) is -0.691. The van der Waals surface area contributed by atoms with Gasteiger partial charge in [-0.25, -0.2) is 4.79 Å². The molecule has 1 aliphatic carbocycles. The Bertz CT molecular complexity index is 316. The fourth-order valence-electron chi connectivity index (χ4n) is 1.87. The van der Waals surface area contributed by atoms with Gasteiger partial charge in [0.2, 0.25) is 0 Å². The minimum atomic E-state index is -1.08. The molecule has 0 aromatic heterocycles. The van der Waals surface area contributed by atoms with Crippen molar-refractivity contribution in [2.75, 3.05) is 6.54 Å². The molecule has 1 rings (SSSR count). The molecule has 1 aliphatic rings. The second-order valence-corrected chi connectivity index (χ2v) is 4.57. The van der Waals surface area contributed by atoms with Crippen LogP contribution in [0.4, 0.5) is 4.79 Å². The van der Waals surface area contributed by atoms with Crippen LogP contribution in [0, 0.1) is 5.92 Å². The van der Waals surface area contributed by atoms with E-state index in [1.807, 2.05) is 13.0 Å². The van der Waals surface area contributed by atoms with E-state index >= 15 is 0 Å². The minimum Gasteiger partial charge on any atom is -0.480 e. The van der Waals surface area contributed by atoms with E-state index < -0.39 is 24.2 Å². The van der Waals surface area contributed by atoms with Crippen molar-refractivity contribution in [1.29, 1.82) is 0 Å². The van der Waals surface area contributed by atoms with Crippen LogP contribution in [0.1, 0.15) is 32.6 Å². The Morgan fingerprint density at radius 1 is 1.65 bits per heavy atom. The SMILES string of the molecule is C=CCCC[C@@H]1C[C@@]1(C)OC(=O)NCC(=O)O. The molecular formula is C12H19NO4. The van der Waals surface area contributed by atoms with Crippen LogP contribution in [-0.4, -0.2) is 29.3 Å². The highest BCUT2D eigenvalue weighted by molar-refractivity contribution is 5.76. The van der Waals surface area contributed by atoms with E-state index in [9.17, 15) is 9.59 Å². The Kier molecular flexibility index (Phi) is 4.54. The molecule has 1 saturated carbocycles. The van der Waals surface area contributed by atoms with Crippen LogP contribution in [0.25, 0.3) is 0 Å². The molecule has 2 N–H and O–H groups in total. The molecule has 0 saturated heterocycles. The predicted molar refractivity (Wildman–Crippen MR) is 62.7 cm³/mol. The highest BCUT2D eigenvalue weighted by Crippen LogP contribution is 2.49. The molecule has 0 heterocycles. The number of allylic oxidation sites excluding steroid dienone is 1. The second kappa shape index (κ2) is 5.70. The maximum atomic E-state index is 11.3. The molecule has 0 spiro atoms. The van der Waals surface area contributed by atoms with E-state index in [0.29, 0.717) is 5.92 Å². The first kappa shape index (κ1) is 13.5. The molecule has 0 bridgehead atoms. The average Bonchev–Trinajstić information content (AvgIpc) is 2.86. The highest BCUT2D eigenvalue weighted by Gasteiger charge is 2.53. The van der Waals surface area contributed by atoms with E-state index in [4.69, 9.17) is 9.84 Å². The number of unbranched alkanes of at least 4 members (excludes halogenated alkanes) is 1. The maximum absolute atomic E-state index is 11.3. The monoisotopic (exact) mass is 241 g/mol. The van der Waals surface area contributed by atoms with Crippen LogP contribution in [0.15, 0.2) is 12.7 Å². The van der Waals surface area contributed by atoms with Gasteiger partial charge in [0, 0.05) is 5.92 Å². The number of carboxylic acids is 1. The number of nitrogens with one attached hydrogen (secondary N) is 1. The summed E-state index contributed by atoms with van der Waals surface area (Å²) < 4.78 is 5.20. The molecule has 0 unspecified atom stereocenters. The van der Waals surface area contributed by atoms with Gasteiger partial charge in [0.25, 0.3) is 0 Å². The number of amides is 1. The van der Waals surface area contributed by atoms with Crippen LogP contribution in [-0.2, 0) is 9.53 Å². The van der Waals surface area contributed by atoms with Gasteiger partial charge in [-0.3, -0.25) is 4.79 Å². The predicted octanol–water partition coefficient (Wildman–Crippen LogP) is 1.93. The summed E-state index contributed by atoms with van der Waals surface area (Å²) in [6.45, 7) is 5.13. The Hall–Kier alpha value is -1.52. The van der Waals surface area contributed by atoms with Crippen molar-refractivity contribution < 1.29 is 19.4 Å². The van der Waals surface area contributed by atoms with E-state index in [0.717, 1.165) is 25.7 Å². The maximum Gasteiger partial charge on any atom is 0.408 e. The average molecular weight is 241 g/mol. The first-order valence-corrected chi connectivity index (χ1v) is 5.77. The van der Waals surface area contributed by atoms with Gasteiger partial charge in [0.05, 0.1) is 0 Å². The summed E-state index contributed by atoms with van der Waals surface area (Å²) in [7, 11) is 0. The lowest BCUT2D eigenvalue weighted by Gasteiger charge is -2.13. The molecule has 2 atom stereocenters. The number of aliphatic carboxylic acids is 1. The molecular weight excluding hydrogens is 222 g/mol. The van der Waals surface area contributed by atoms with Gasteiger partial charge >= 0.3 is 12.1 Å². The van der Waals surface area contributed by atoms with Crippen molar-refractivity contribution in [3.8, 4) is 0 Å². The zero-order chi connectivity index (χ0) is 12.9. The molecule has 5 heteroatoms. The second-order valence-electron chi connectivity index (χ2n) is 4.57. The number of rotatable bonds is 7. The first-order valence-electron chi connectivity index (χ1n) is 5.77. The highest BCUT2D eigenvalue weighted by atomic mass is 16.6. The zero-order valence-electron chi connectivity index (χ0n) is 10.1. The Labute approximate surface area is 101 Å². The molecule has 96 valence electrons. The fourth-order valence-corrected chi connectivity index (χ4v) is 1.87. The van der Waals surface area contributed by atoms with Crippen LogP contribution >= 0.6 is 0 Å².